The molecule has 0 radical (unpaired) electrons. The number of allylic oxidation sites excluding steroid dienone is 4. The molecule has 0 aromatic rings. The van der Waals surface area contributed by atoms with Crippen LogP contribution in [-0.4, -0.2) is 0 Å². The Kier molecular flexibility index (Phi) is 14.3. The van der Waals surface area contributed by atoms with E-state index in [2.05, 4.69) is 18.2 Å². The van der Waals surface area contributed by atoms with Crippen molar-refractivity contribution in [2.75, 3.05) is 0 Å². The molecule has 1 aliphatic rings. The van der Waals surface area contributed by atoms with Crippen molar-refractivity contribution in [1.29, 1.82) is 0 Å². The van der Waals surface area contributed by atoms with Crippen LogP contribution in [-0.2, 0) is 35.6 Å². The molecular formula is C5H5O3Re. The van der Waals surface area contributed by atoms with Crippen LogP contribution in [0.1, 0.15) is 6.42 Å². The first-order chi connectivity index (χ1) is 2.89. The maximum atomic E-state index is 2.18. The van der Waals surface area contributed by atoms with Crippen LogP contribution in [0.3, 0.4) is 0 Å². The molecule has 0 aromatic heterocycles. The van der Waals surface area contributed by atoms with Gasteiger partial charge in [-0.2, -0.15) is 0 Å². The van der Waals surface area contributed by atoms with E-state index in [9.17, 15) is 0 Å². The van der Waals surface area contributed by atoms with Crippen LogP contribution in [0.5, 0.6) is 0 Å². The Morgan fingerprint density at radius 1 is 1.22 bits per heavy atom. The second-order valence-corrected chi connectivity index (χ2v) is 2.99. The fourth-order valence-corrected chi connectivity index (χ4v) is 1.00. The second-order valence-electron chi connectivity index (χ2n) is 1.25. The van der Waals surface area contributed by atoms with Crippen LogP contribution >= 0.6 is 0 Å². The third kappa shape index (κ3) is 5.90. The van der Waals surface area contributed by atoms with Gasteiger partial charge in [0.05, 0.1) is 0 Å². The minimum atomic E-state index is 0. The maximum absolute atomic E-state index is 2.18. The summed E-state index contributed by atoms with van der Waals surface area (Å²) in [6, 6.07) is 0. The number of hydrogen-bond donors (Lipinski definition) is 0. The summed E-state index contributed by atoms with van der Waals surface area (Å²) in [5.74, 6) is 0. The summed E-state index contributed by atoms with van der Waals surface area (Å²) in [7, 11) is 0. The molecule has 0 heterocycles. The molecule has 0 atom stereocenters. The molecule has 0 aromatic carbocycles. The zero-order chi connectivity index (χ0) is 4.41. The van der Waals surface area contributed by atoms with Crippen molar-refractivity contribution in [3.8, 4) is 0 Å². The third-order valence-corrected chi connectivity index (χ3v) is 1.73. The van der Waals surface area contributed by atoms with E-state index in [0.29, 0.717) is 0 Å². The molecule has 0 fully saturated rings. The van der Waals surface area contributed by atoms with Crippen LogP contribution in [0, 0.1) is 0 Å². The molecule has 9 heavy (non-hydrogen) atoms. The van der Waals surface area contributed by atoms with E-state index in [0.717, 1.165) is 0 Å². The van der Waals surface area contributed by atoms with Gasteiger partial charge < -0.3 is 16.4 Å². The third-order valence-electron chi connectivity index (χ3n) is 0.726. The minimum absolute atomic E-state index is 0. The van der Waals surface area contributed by atoms with Crippen molar-refractivity contribution in [1.82, 2.24) is 0 Å². The van der Waals surface area contributed by atoms with Crippen molar-refractivity contribution in [3.63, 3.8) is 0 Å². The van der Waals surface area contributed by atoms with Crippen LogP contribution in [0.25, 0.3) is 0 Å². The van der Waals surface area contributed by atoms with E-state index in [1.165, 1.54) is 10.5 Å². The van der Waals surface area contributed by atoms with E-state index < -0.39 is 0 Å². The Morgan fingerprint density at radius 3 is 1.89 bits per heavy atom. The van der Waals surface area contributed by atoms with Gasteiger partial charge in [0.25, 0.3) is 0 Å². The van der Waals surface area contributed by atoms with Gasteiger partial charge in [0, 0.05) is 0 Å². The Hall–Kier alpha value is 0.0223. The van der Waals surface area contributed by atoms with Crippen molar-refractivity contribution < 1.29 is 35.6 Å². The quantitative estimate of drug-likeness (QED) is 0.639. The summed E-state index contributed by atoms with van der Waals surface area (Å²) in [5, 5.41) is 0. The van der Waals surface area contributed by atoms with Gasteiger partial charge in [0.1, 0.15) is 0 Å². The van der Waals surface area contributed by atoms with Crippen LogP contribution in [0.4, 0.5) is 0 Å². The van der Waals surface area contributed by atoms with E-state index in [1.54, 1.807) is 19.2 Å². The summed E-state index contributed by atoms with van der Waals surface area (Å²) >= 11 is 1.78. The first kappa shape index (κ1) is 16.0. The molecule has 0 saturated heterocycles. The summed E-state index contributed by atoms with van der Waals surface area (Å²) in [4.78, 5) is 0. The zero-order valence-electron chi connectivity index (χ0n) is 4.54. The second kappa shape index (κ2) is 8.02. The average molecular weight is 299 g/mol. The van der Waals surface area contributed by atoms with E-state index in [-0.39, 0.29) is 16.4 Å². The standard InChI is InChI=1S/C5H5.3O.Re/c1-2-4-5-3-1;;;;/h1-3H,4H2;;;;/q;3*-2;+6. The van der Waals surface area contributed by atoms with Crippen LogP contribution in [0.15, 0.2) is 22.3 Å². The SMILES string of the molecule is [O-2].[O-2].[O-2].[Re+6][C]1=CC=CC1. The Labute approximate surface area is 64.8 Å². The van der Waals surface area contributed by atoms with Crippen LogP contribution in [0.2, 0.25) is 0 Å². The van der Waals surface area contributed by atoms with Crippen molar-refractivity contribution in [3.05, 3.63) is 22.3 Å². The summed E-state index contributed by atoms with van der Waals surface area (Å²) in [6.07, 6.45) is 7.64. The van der Waals surface area contributed by atoms with Gasteiger partial charge in [-0.3, -0.25) is 0 Å². The molecule has 4 heteroatoms. The summed E-state index contributed by atoms with van der Waals surface area (Å²) in [6.45, 7) is 0. The zero-order valence-corrected chi connectivity index (χ0v) is 7.26. The van der Waals surface area contributed by atoms with Gasteiger partial charge in [-0.25, -0.2) is 0 Å². The molecular weight excluding hydrogens is 294 g/mol. The van der Waals surface area contributed by atoms with Gasteiger partial charge in [0.15, 0.2) is 0 Å². The van der Waals surface area contributed by atoms with Gasteiger partial charge in [0.2, 0.25) is 0 Å². The first-order valence-corrected chi connectivity index (χ1v) is 3.26. The van der Waals surface area contributed by atoms with Gasteiger partial charge in [-0.15, -0.1) is 0 Å². The van der Waals surface area contributed by atoms with Crippen molar-refractivity contribution in [2.45, 2.75) is 6.42 Å². The molecule has 1 rings (SSSR count). The topological polar surface area (TPSA) is 85.5 Å². The Balaban J connectivity index is -0.000000120. The van der Waals surface area contributed by atoms with E-state index >= 15 is 0 Å². The molecule has 0 amide bonds. The van der Waals surface area contributed by atoms with E-state index in [1.807, 2.05) is 0 Å². The predicted octanol–water partition coefficient (Wildman–Crippen LogP) is 1.02. The van der Waals surface area contributed by atoms with E-state index in [4.69, 9.17) is 0 Å². The Morgan fingerprint density at radius 2 is 1.78 bits per heavy atom. The molecule has 3 nitrogen and oxygen atoms in total. The van der Waals surface area contributed by atoms with Crippen molar-refractivity contribution in [2.24, 2.45) is 0 Å². The number of rotatable bonds is 0. The number of hydrogen-bond acceptors (Lipinski definition) is 0. The summed E-state index contributed by atoms with van der Waals surface area (Å²) < 4.78 is 1.52. The molecule has 0 aliphatic heterocycles. The Bertz CT molecular complexity index is 109. The molecule has 0 unspecified atom stereocenters. The van der Waals surface area contributed by atoms with Gasteiger partial charge >= 0.3 is 47.9 Å². The van der Waals surface area contributed by atoms with Gasteiger partial charge in [-0.05, 0) is 0 Å². The molecule has 0 saturated carbocycles. The van der Waals surface area contributed by atoms with Crippen molar-refractivity contribution >= 4 is 0 Å². The monoisotopic (exact) mass is 300 g/mol. The molecule has 50 valence electrons. The first-order valence-electron chi connectivity index (χ1n) is 1.91. The van der Waals surface area contributed by atoms with Gasteiger partial charge in [-0.1, -0.05) is 0 Å². The fraction of sp³-hybridized carbons (Fsp3) is 0.200. The molecule has 0 bridgehead atoms. The molecule has 1 aliphatic carbocycles. The summed E-state index contributed by atoms with van der Waals surface area (Å²) in [5.41, 5.74) is 0. The normalized spacial score (nSPS) is 12.4. The van der Waals surface area contributed by atoms with Crippen LogP contribution < -0.4 is 0 Å². The fourth-order valence-electron chi connectivity index (χ4n) is 0.421. The molecule has 0 N–H and O–H groups in total. The average Bonchev–Trinajstić information content (AvgIpc) is 1.86. The predicted molar refractivity (Wildman–Crippen MR) is 23.9 cm³/mol. The molecule has 0 spiro atoms.